The molecule has 1 N–H and O–H groups in total. The van der Waals surface area contributed by atoms with Crippen LogP contribution >= 0.6 is 15.9 Å². The highest BCUT2D eigenvalue weighted by Crippen LogP contribution is 2.23. The largest absolute Gasteiger partial charge is 0.334 e. The van der Waals surface area contributed by atoms with Gasteiger partial charge in [-0.2, -0.15) is 5.10 Å². The van der Waals surface area contributed by atoms with Crippen LogP contribution in [0.15, 0.2) is 32.7 Å². The standard InChI is InChI=1S/C12H12BrN5O3/c1-16-10(19)9(3-14-12(16)21)11(20)17-5-8(6-17)18-4-7(13)2-15-18/h2-4,8H,5-6H2,1H3,(H,14,21). The van der Waals surface area contributed by atoms with Gasteiger partial charge in [0.15, 0.2) is 0 Å². The maximum atomic E-state index is 12.2. The summed E-state index contributed by atoms with van der Waals surface area (Å²) in [6, 6.07) is 0.104. The van der Waals surface area contributed by atoms with Gasteiger partial charge in [0.1, 0.15) is 5.56 Å². The van der Waals surface area contributed by atoms with Gasteiger partial charge in [-0.3, -0.25) is 18.8 Å². The molecule has 0 bridgehead atoms. The summed E-state index contributed by atoms with van der Waals surface area (Å²) < 4.78 is 3.54. The minimum absolute atomic E-state index is 0.0304. The molecule has 1 aliphatic heterocycles. The van der Waals surface area contributed by atoms with Gasteiger partial charge in [0.05, 0.1) is 16.7 Å². The zero-order chi connectivity index (χ0) is 15.1. The summed E-state index contributed by atoms with van der Waals surface area (Å²) in [6.07, 6.45) is 4.69. The van der Waals surface area contributed by atoms with Gasteiger partial charge in [0, 0.05) is 32.5 Å². The van der Waals surface area contributed by atoms with Crippen LogP contribution in [0.25, 0.3) is 0 Å². The number of amides is 1. The zero-order valence-electron chi connectivity index (χ0n) is 11.1. The molecule has 0 atom stereocenters. The van der Waals surface area contributed by atoms with Crippen LogP contribution in [-0.4, -0.2) is 43.2 Å². The average Bonchev–Trinajstić information content (AvgIpc) is 2.80. The Labute approximate surface area is 127 Å². The first-order chi connectivity index (χ1) is 9.97. The third-order valence-electron chi connectivity index (χ3n) is 3.50. The summed E-state index contributed by atoms with van der Waals surface area (Å²) >= 11 is 3.32. The van der Waals surface area contributed by atoms with Gasteiger partial charge in [-0.1, -0.05) is 0 Å². The van der Waals surface area contributed by atoms with Crippen LogP contribution in [0.5, 0.6) is 0 Å². The van der Waals surface area contributed by atoms with Crippen LogP contribution in [0.4, 0.5) is 0 Å². The van der Waals surface area contributed by atoms with E-state index in [2.05, 4.69) is 26.0 Å². The molecule has 9 heteroatoms. The molecular formula is C12H12BrN5O3. The van der Waals surface area contributed by atoms with Crippen molar-refractivity contribution in [2.75, 3.05) is 13.1 Å². The van der Waals surface area contributed by atoms with Gasteiger partial charge in [-0.15, -0.1) is 0 Å². The van der Waals surface area contributed by atoms with E-state index in [0.717, 1.165) is 9.04 Å². The molecule has 1 aliphatic rings. The lowest BCUT2D eigenvalue weighted by molar-refractivity contribution is 0.0498. The predicted octanol–water partition coefficient (Wildman–Crippen LogP) is -0.270. The first kappa shape index (κ1) is 13.8. The Morgan fingerprint density at radius 2 is 2.14 bits per heavy atom. The highest BCUT2D eigenvalue weighted by Gasteiger charge is 2.34. The van der Waals surface area contributed by atoms with Crippen LogP contribution < -0.4 is 11.2 Å². The number of aromatic amines is 1. The van der Waals surface area contributed by atoms with E-state index in [-0.39, 0.29) is 17.5 Å². The van der Waals surface area contributed by atoms with Crippen molar-refractivity contribution in [3.63, 3.8) is 0 Å². The number of H-pyrrole nitrogens is 1. The summed E-state index contributed by atoms with van der Waals surface area (Å²) in [6.45, 7) is 0.963. The van der Waals surface area contributed by atoms with E-state index < -0.39 is 11.2 Å². The second-order valence-corrected chi connectivity index (χ2v) is 5.79. The number of rotatable bonds is 2. The van der Waals surface area contributed by atoms with E-state index in [9.17, 15) is 14.4 Å². The fraction of sp³-hybridized carbons (Fsp3) is 0.333. The van der Waals surface area contributed by atoms with Crippen molar-refractivity contribution in [3.05, 3.63) is 49.5 Å². The summed E-state index contributed by atoms with van der Waals surface area (Å²) in [5.74, 6) is -0.380. The van der Waals surface area contributed by atoms with Crippen LogP contribution in [0.3, 0.4) is 0 Å². The first-order valence-electron chi connectivity index (χ1n) is 6.25. The number of likely N-dealkylation sites (tertiary alicyclic amines) is 1. The number of aromatic nitrogens is 4. The van der Waals surface area contributed by atoms with Gasteiger partial charge in [0.2, 0.25) is 0 Å². The Balaban J connectivity index is 1.76. The maximum Gasteiger partial charge on any atom is 0.328 e. The Morgan fingerprint density at radius 3 is 2.76 bits per heavy atom. The van der Waals surface area contributed by atoms with Crippen molar-refractivity contribution >= 4 is 21.8 Å². The molecule has 2 aromatic rings. The molecule has 1 amide bonds. The van der Waals surface area contributed by atoms with Gasteiger partial charge in [0.25, 0.3) is 11.5 Å². The molecule has 110 valence electrons. The van der Waals surface area contributed by atoms with Crippen molar-refractivity contribution in [2.45, 2.75) is 6.04 Å². The Morgan fingerprint density at radius 1 is 1.43 bits per heavy atom. The normalized spacial score (nSPS) is 15.0. The number of carbonyl (C=O) groups excluding carboxylic acids is 1. The predicted molar refractivity (Wildman–Crippen MR) is 77.2 cm³/mol. The van der Waals surface area contributed by atoms with Crippen molar-refractivity contribution < 1.29 is 4.79 Å². The van der Waals surface area contributed by atoms with Gasteiger partial charge >= 0.3 is 5.69 Å². The molecule has 21 heavy (non-hydrogen) atoms. The topological polar surface area (TPSA) is 93.0 Å². The van der Waals surface area contributed by atoms with Crippen molar-refractivity contribution in [1.29, 1.82) is 0 Å². The van der Waals surface area contributed by atoms with Crippen LogP contribution in [0.1, 0.15) is 16.4 Å². The molecule has 0 aliphatic carbocycles. The van der Waals surface area contributed by atoms with Crippen LogP contribution in [-0.2, 0) is 7.05 Å². The van der Waals surface area contributed by atoms with Crippen molar-refractivity contribution in [3.8, 4) is 0 Å². The highest BCUT2D eigenvalue weighted by molar-refractivity contribution is 9.10. The number of halogens is 1. The first-order valence-corrected chi connectivity index (χ1v) is 7.04. The zero-order valence-corrected chi connectivity index (χ0v) is 12.7. The summed E-state index contributed by atoms with van der Waals surface area (Å²) in [7, 11) is 1.33. The minimum Gasteiger partial charge on any atom is -0.334 e. The Hall–Kier alpha value is -2.16. The van der Waals surface area contributed by atoms with E-state index in [4.69, 9.17) is 0 Å². The second-order valence-electron chi connectivity index (χ2n) is 4.87. The molecule has 3 heterocycles. The van der Waals surface area contributed by atoms with Gasteiger partial charge < -0.3 is 9.88 Å². The summed E-state index contributed by atoms with van der Waals surface area (Å²) in [5.41, 5.74) is -1.16. The van der Waals surface area contributed by atoms with E-state index in [1.165, 1.54) is 13.2 Å². The van der Waals surface area contributed by atoms with Gasteiger partial charge in [-0.25, -0.2) is 4.79 Å². The van der Waals surface area contributed by atoms with Crippen LogP contribution in [0, 0.1) is 0 Å². The Bertz CT molecular complexity index is 815. The number of hydrogen-bond acceptors (Lipinski definition) is 4. The van der Waals surface area contributed by atoms with Crippen LogP contribution in [0.2, 0.25) is 0 Å². The molecule has 0 unspecified atom stereocenters. The fourth-order valence-electron chi connectivity index (χ4n) is 2.19. The van der Waals surface area contributed by atoms with E-state index in [0.29, 0.717) is 13.1 Å². The number of carbonyl (C=O) groups is 1. The van der Waals surface area contributed by atoms with E-state index >= 15 is 0 Å². The molecule has 8 nitrogen and oxygen atoms in total. The lowest BCUT2D eigenvalue weighted by Crippen LogP contribution is -2.52. The maximum absolute atomic E-state index is 12.2. The molecule has 2 aromatic heterocycles. The smallest absolute Gasteiger partial charge is 0.328 e. The number of hydrogen-bond donors (Lipinski definition) is 1. The quantitative estimate of drug-likeness (QED) is 0.804. The molecule has 0 radical (unpaired) electrons. The fourth-order valence-corrected chi connectivity index (χ4v) is 2.49. The van der Waals surface area contributed by atoms with E-state index in [1.54, 1.807) is 15.8 Å². The number of nitrogens with one attached hydrogen (secondary N) is 1. The monoisotopic (exact) mass is 353 g/mol. The molecule has 3 rings (SSSR count). The molecule has 0 spiro atoms. The average molecular weight is 354 g/mol. The van der Waals surface area contributed by atoms with E-state index in [1.807, 2.05) is 6.20 Å². The third kappa shape index (κ3) is 2.33. The molecular weight excluding hydrogens is 342 g/mol. The van der Waals surface area contributed by atoms with Crippen molar-refractivity contribution in [2.24, 2.45) is 7.05 Å². The summed E-state index contributed by atoms with van der Waals surface area (Å²) in [4.78, 5) is 39.3. The lowest BCUT2D eigenvalue weighted by atomic mass is 10.1. The lowest BCUT2D eigenvalue weighted by Gasteiger charge is -2.39. The second kappa shape index (κ2) is 4.99. The molecule has 1 saturated heterocycles. The molecule has 0 aromatic carbocycles. The Kier molecular flexibility index (Phi) is 3.28. The van der Waals surface area contributed by atoms with Crippen molar-refractivity contribution in [1.82, 2.24) is 24.2 Å². The molecule has 1 fully saturated rings. The SMILES string of the molecule is Cn1c(=O)[nH]cc(C(=O)N2CC(n3cc(Br)cn3)C2)c1=O. The minimum atomic E-state index is -0.589. The number of nitrogens with zero attached hydrogens (tertiary/aromatic N) is 4. The highest BCUT2D eigenvalue weighted by atomic mass is 79.9. The molecule has 0 saturated carbocycles. The summed E-state index contributed by atoms with van der Waals surface area (Å²) in [5, 5.41) is 4.17. The van der Waals surface area contributed by atoms with Gasteiger partial charge in [-0.05, 0) is 15.9 Å². The third-order valence-corrected chi connectivity index (χ3v) is 3.91.